The fourth-order valence-corrected chi connectivity index (χ4v) is 1.07. The highest BCUT2D eigenvalue weighted by atomic mass is 16.5. The number of ether oxygens (including phenoxy) is 1. The molecule has 0 bridgehead atoms. The molecule has 0 saturated heterocycles. The van der Waals surface area contributed by atoms with Gasteiger partial charge in [-0.15, -0.1) is 0 Å². The van der Waals surface area contributed by atoms with Crippen molar-refractivity contribution in [2.24, 2.45) is 0 Å². The van der Waals surface area contributed by atoms with Crippen LogP contribution in [0.4, 0.5) is 5.69 Å². The quantitative estimate of drug-likeness (QED) is 0.751. The van der Waals surface area contributed by atoms with E-state index in [9.17, 15) is 0 Å². The average molecular weight is 178 g/mol. The molecule has 0 fully saturated rings. The Hall–Kier alpha value is -1.18. The summed E-state index contributed by atoms with van der Waals surface area (Å²) >= 11 is 0. The summed E-state index contributed by atoms with van der Waals surface area (Å²) in [5, 5.41) is 3.36. The van der Waals surface area contributed by atoms with Gasteiger partial charge in [-0.05, 0) is 32.9 Å². The molecule has 1 aromatic carbocycles. The van der Waals surface area contributed by atoms with E-state index in [0.29, 0.717) is 0 Å². The van der Waals surface area contributed by atoms with Crippen LogP contribution < -0.4 is 10.1 Å². The van der Waals surface area contributed by atoms with E-state index in [2.05, 4.69) is 32.2 Å². The van der Waals surface area contributed by atoms with Gasteiger partial charge in [0.1, 0.15) is 5.75 Å². The molecule has 0 spiro atoms. The van der Waals surface area contributed by atoms with Crippen molar-refractivity contribution in [2.45, 2.75) is 26.3 Å². The Kier molecular flexibility index (Phi) is 2.81. The molecular formula is C11H16NO. The highest BCUT2D eigenvalue weighted by Crippen LogP contribution is 2.19. The van der Waals surface area contributed by atoms with Gasteiger partial charge in [0, 0.05) is 23.4 Å². The number of nitrogens with one attached hydrogen (secondary N) is 1. The molecule has 0 atom stereocenters. The van der Waals surface area contributed by atoms with Crippen LogP contribution >= 0.6 is 0 Å². The number of rotatable bonds is 2. The summed E-state index contributed by atoms with van der Waals surface area (Å²) in [4.78, 5) is 0. The first-order valence-electron chi connectivity index (χ1n) is 4.35. The maximum Gasteiger partial charge on any atom is 0.128 e. The van der Waals surface area contributed by atoms with E-state index in [1.54, 1.807) is 7.11 Å². The molecule has 2 heteroatoms. The third-order valence-corrected chi connectivity index (χ3v) is 1.51. The fourth-order valence-electron chi connectivity index (χ4n) is 1.07. The lowest BCUT2D eigenvalue weighted by molar-refractivity contribution is 0.414. The molecule has 0 aliphatic heterocycles. The molecule has 2 nitrogen and oxygen atoms in total. The minimum Gasteiger partial charge on any atom is -0.496 e. The molecule has 13 heavy (non-hydrogen) atoms. The smallest absolute Gasteiger partial charge is 0.128 e. The molecular weight excluding hydrogens is 162 g/mol. The topological polar surface area (TPSA) is 21.3 Å². The number of hydrogen-bond acceptors (Lipinski definition) is 2. The zero-order valence-corrected chi connectivity index (χ0v) is 8.64. The van der Waals surface area contributed by atoms with Gasteiger partial charge in [-0.25, -0.2) is 0 Å². The predicted octanol–water partition coefficient (Wildman–Crippen LogP) is 2.71. The minimum absolute atomic E-state index is 0.0758. The summed E-state index contributed by atoms with van der Waals surface area (Å²) in [6.07, 6.45) is 0. The normalized spacial score (nSPS) is 11.1. The summed E-state index contributed by atoms with van der Waals surface area (Å²) in [5.41, 5.74) is 1.13. The van der Waals surface area contributed by atoms with Crippen molar-refractivity contribution in [1.82, 2.24) is 0 Å². The van der Waals surface area contributed by atoms with Crippen LogP contribution in [0, 0.1) is 6.07 Å². The van der Waals surface area contributed by atoms with E-state index in [1.807, 2.05) is 18.2 Å². The first-order valence-corrected chi connectivity index (χ1v) is 4.35. The highest BCUT2D eigenvalue weighted by molar-refractivity contribution is 5.49. The zero-order chi connectivity index (χ0) is 9.90. The SMILES string of the molecule is COc1[c]ccc(NC(C)(C)C)c1. The van der Waals surface area contributed by atoms with Gasteiger partial charge >= 0.3 is 0 Å². The van der Waals surface area contributed by atoms with E-state index in [-0.39, 0.29) is 5.54 Å². The maximum absolute atomic E-state index is 5.07. The number of hydrogen-bond donors (Lipinski definition) is 1. The summed E-state index contributed by atoms with van der Waals surface area (Å²) < 4.78 is 5.07. The second-order valence-corrected chi connectivity index (χ2v) is 4.02. The van der Waals surface area contributed by atoms with Crippen LogP contribution in [0.25, 0.3) is 0 Å². The van der Waals surface area contributed by atoms with Gasteiger partial charge in [-0.3, -0.25) is 0 Å². The Bertz CT molecular complexity index is 276. The van der Waals surface area contributed by atoms with Gasteiger partial charge < -0.3 is 10.1 Å². The Morgan fingerprint density at radius 2 is 2.08 bits per heavy atom. The molecule has 1 aromatic rings. The molecule has 0 heterocycles. The van der Waals surface area contributed by atoms with Gasteiger partial charge in [0.25, 0.3) is 0 Å². The molecule has 0 unspecified atom stereocenters. The van der Waals surface area contributed by atoms with Crippen molar-refractivity contribution in [1.29, 1.82) is 0 Å². The largest absolute Gasteiger partial charge is 0.496 e. The van der Waals surface area contributed by atoms with Gasteiger partial charge in [0.2, 0.25) is 0 Å². The van der Waals surface area contributed by atoms with Crippen LogP contribution in [0.15, 0.2) is 18.2 Å². The lowest BCUT2D eigenvalue weighted by Crippen LogP contribution is -2.25. The van der Waals surface area contributed by atoms with Gasteiger partial charge in [0.15, 0.2) is 0 Å². The molecule has 0 saturated carbocycles. The first-order chi connectivity index (χ1) is 6.01. The first kappa shape index (κ1) is 9.90. The summed E-state index contributed by atoms with van der Waals surface area (Å²) in [6, 6.07) is 8.75. The molecule has 1 rings (SSSR count). The Balaban J connectivity index is 2.78. The third kappa shape index (κ3) is 3.36. The van der Waals surface area contributed by atoms with E-state index < -0.39 is 0 Å². The van der Waals surface area contributed by atoms with Crippen LogP contribution in [0.5, 0.6) is 5.75 Å². The lowest BCUT2D eigenvalue weighted by Gasteiger charge is -2.22. The predicted molar refractivity (Wildman–Crippen MR) is 55.2 cm³/mol. The van der Waals surface area contributed by atoms with Gasteiger partial charge in [-0.2, -0.15) is 0 Å². The minimum atomic E-state index is 0.0758. The van der Waals surface area contributed by atoms with E-state index >= 15 is 0 Å². The number of anilines is 1. The van der Waals surface area contributed by atoms with E-state index in [0.717, 1.165) is 11.4 Å². The van der Waals surface area contributed by atoms with Crippen molar-refractivity contribution in [2.75, 3.05) is 12.4 Å². The Morgan fingerprint density at radius 1 is 1.38 bits per heavy atom. The summed E-state index contributed by atoms with van der Waals surface area (Å²) in [7, 11) is 1.65. The Labute approximate surface area is 79.9 Å². The van der Waals surface area contributed by atoms with Crippen LogP contribution in [-0.4, -0.2) is 12.6 Å². The summed E-state index contributed by atoms with van der Waals surface area (Å²) in [5.74, 6) is 0.759. The molecule has 1 radical (unpaired) electrons. The van der Waals surface area contributed by atoms with Crippen LogP contribution in [-0.2, 0) is 0 Å². The fraction of sp³-hybridized carbons (Fsp3) is 0.455. The van der Waals surface area contributed by atoms with Crippen molar-refractivity contribution >= 4 is 5.69 Å². The number of methoxy groups -OCH3 is 1. The molecule has 1 N–H and O–H groups in total. The van der Waals surface area contributed by atoms with Crippen molar-refractivity contribution in [3.63, 3.8) is 0 Å². The lowest BCUT2D eigenvalue weighted by atomic mass is 10.1. The Morgan fingerprint density at radius 3 is 2.62 bits per heavy atom. The maximum atomic E-state index is 5.07. The third-order valence-electron chi connectivity index (χ3n) is 1.51. The summed E-state index contributed by atoms with van der Waals surface area (Å²) in [6.45, 7) is 6.36. The molecule has 0 aliphatic carbocycles. The second kappa shape index (κ2) is 3.69. The molecule has 0 aromatic heterocycles. The monoisotopic (exact) mass is 178 g/mol. The van der Waals surface area contributed by atoms with E-state index in [4.69, 9.17) is 4.74 Å². The zero-order valence-electron chi connectivity index (χ0n) is 8.64. The average Bonchev–Trinajstić information content (AvgIpc) is 2.01. The molecule has 71 valence electrons. The van der Waals surface area contributed by atoms with Crippen LogP contribution in [0.2, 0.25) is 0 Å². The standard InChI is InChI=1S/C11H16NO/c1-11(2,3)12-9-6-5-7-10(8-9)13-4/h5-6,8,12H,1-4H3. The van der Waals surface area contributed by atoms with Crippen molar-refractivity contribution in [3.8, 4) is 5.75 Å². The van der Waals surface area contributed by atoms with E-state index in [1.165, 1.54) is 0 Å². The highest BCUT2D eigenvalue weighted by Gasteiger charge is 2.08. The van der Waals surface area contributed by atoms with Gasteiger partial charge in [-0.1, -0.05) is 0 Å². The van der Waals surface area contributed by atoms with Crippen LogP contribution in [0.1, 0.15) is 20.8 Å². The van der Waals surface area contributed by atoms with Crippen molar-refractivity contribution < 1.29 is 4.74 Å². The van der Waals surface area contributed by atoms with Crippen molar-refractivity contribution in [3.05, 3.63) is 24.3 Å². The number of benzene rings is 1. The molecule has 0 amide bonds. The van der Waals surface area contributed by atoms with Crippen LogP contribution in [0.3, 0.4) is 0 Å². The second-order valence-electron chi connectivity index (χ2n) is 4.02. The van der Waals surface area contributed by atoms with Gasteiger partial charge in [0.05, 0.1) is 7.11 Å². The molecule has 0 aliphatic rings.